The summed E-state index contributed by atoms with van der Waals surface area (Å²) in [7, 11) is 0. The lowest BCUT2D eigenvalue weighted by atomic mass is 9.65. The van der Waals surface area contributed by atoms with Gasteiger partial charge < -0.3 is 4.90 Å². The number of fused-ring (bicyclic) bond motifs is 1. The maximum absolute atomic E-state index is 2.78. The Morgan fingerprint density at radius 2 is 1.38 bits per heavy atom. The predicted molar refractivity (Wildman–Crippen MR) is 109 cm³/mol. The minimum atomic E-state index is 0.650. The monoisotopic (exact) mass is 343 g/mol. The molecule has 0 N–H and O–H groups in total. The summed E-state index contributed by atoms with van der Waals surface area (Å²) in [6.07, 6.45) is 10.8. The van der Waals surface area contributed by atoms with Crippen LogP contribution in [0.3, 0.4) is 0 Å². The van der Waals surface area contributed by atoms with Gasteiger partial charge in [-0.25, -0.2) is 0 Å². The quantitative estimate of drug-likeness (QED) is 0.588. The number of rotatable bonds is 2. The summed E-state index contributed by atoms with van der Waals surface area (Å²) in [6, 6.07) is 23.3. The van der Waals surface area contributed by atoms with Crippen molar-refractivity contribution in [1.29, 1.82) is 0 Å². The van der Waals surface area contributed by atoms with Crippen molar-refractivity contribution in [2.75, 3.05) is 4.90 Å². The number of anilines is 1. The van der Waals surface area contributed by atoms with Gasteiger partial charge in [0.25, 0.3) is 0 Å². The molecule has 5 rings (SSSR count). The topological polar surface area (TPSA) is 3.24 Å². The van der Waals surface area contributed by atoms with E-state index < -0.39 is 0 Å². The fourth-order valence-electron chi connectivity index (χ4n) is 5.88. The Morgan fingerprint density at radius 1 is 0.692 bits per heavy atom. The number of hydrogen-bond donors (Lipinski definition) is 0. The molecule has 1 fully saturated rings. The number of para-hydroxylation sites is 1. The second-order valence-corrected chi connectivity index (χ2v) is 8.29. The third-order valence-corrected chi connectivity index (χ3v) is 6.88. The van der Waals surface area contributed by atoms with E-state index in [1.54, 1.807) is 16.8 Å². The standard InChI is InChI=1S/C25H29N/c1-3-11-19(12-4-1)25-21-15-7-9-17-23(21)26(20-13-5-2-6-14-20)24-18-10-8-16-22(24)25/h1-6,11-14,21,23,25H,7-10,15-18H2. The summed E-state index contributed by atoms with van der Waals surface area (Å²) in [5, 5.41) is 0. The molecular formula is C25H29N. The van der Waals surface area contributed by atoms with Crippen LogP contribution in [0.4, 0.5) is 5.69 Å². The molecule has 26 heavy (non-hydrogen) atoms. The van der Waals surface area contributed by atoms with Crippen molar-refractivity contribution >= 4 is 5.69 Å². The molecule has 3 atom stereocenters. The number of hydrogen-bond acceptors (Lipinski definition) is 1. The van der Waals surface area contributed by atoms with E-state index in [4.69, 9.17) is 0 Å². The molecule has 0 amide bonds. The Hall–Kier alpha value is -2.02. The van der Waals surface area contributed by atoms with Crippen LogP contribution < -0.4 is 4.90 Å². The van der Waals surface area contributed by atoms with Gasteiger partial charge in [0.1, 0.15) is 0 Å². The van der Waals surface area contributed by atoms with Crippen LogP contribution in [0.5, 0.6) is 0 Å². The van der Waals surface area contributed by atoms with E-state index in [1.165, 1.54) is 57.1 Å². The van der Waals surface area contributed by atoms with Crippen LogP contribution in [-0.2, 0) is 0 Å². The SMILES string of the molecule is c1ccc(C2C3=C(CCCC3)N(c3ccccc3)C3CCCCC23)cc1. The van der Waals surface area contributed by atoms with Crippen LogP contribution in [-0.4, -0.2) is 6.04 Å². The molecule has 2 aliphatic carbocycles. The number of nitrogens with zero attached hydrogens (tertiary/aromatic N) is 1. The van der Waals surface area contributed by atoms with E-state index in [1.807, 2.05) is 0 Å². The molecule has 1 heteroatoms. The van der Waals surface area contributed by atoms with E-state index in [9.17, 15) is 0 Å². The summed E-state index contributed by atoms with van der Waals surface area (Å²) in [4.78, 5) is 2.78. The third kappa shape index (κ3) is 2.69. The van der Waals surface area contributed by atoms with Crippen molar-refractivity contribution in [3.05, 3.63) is 77.5 Å². The molecule has 2 aromatic rings. The summed E-state index contributed by atoms with van der Waals surface area (Å²) in [5.74, 6) is 1.42. The molecule has 3 aliphatic rings. The smallest absolute Gasteiger partial charge is 0.0410 e. The third-order valence-electron chi connectivity index (χ3n) is 6.88. The highest BCUT2D eigenvalue weighted by Gasteiger charge is 2.44. The Kier molecular flexibility index (Phi) is 4.32. The Labute approximate surface area is 157 Å². The maximum atomic E-state index is 2.78. The average Bonchev–Trinajstić information content (AvgIpc) is 2.73. The fourth-order valence-corrected chi connectivity index (χ4v) is 5.88. The Bertz CT molecular complexity index is 709. The van der Waals surface area contributed by atoms with Crippen LogP contribution >= 0.6 is 0 Å². The van der Waals surface area contributed by atoms with E-state index in [-0.39, 0.29) is 0 Å². The van der Waals surface area contributed by atoms with Crippen molar-refractivity contribution in [3.63, 3.8) is 0 Å². The first-order valence-electron chi connectivity index (χ1n) is 10.5. The second kappa shape index (κ2) is 6.95. The number of allylic oxidation sites excluding steroid dienone is 2. The van der Waals surface area contributed by atoms with Crippen molar-refractivity contribution in [2.45, 2.75) is 63.3 Å². The lowest BCUT2D eigenvalue weighted by molar-refractivity contribution is 0.248. The zero-order valence-corrected chi connectivity index (χ0v) is 15.6. The van der Waals surface area contributed by atoms with Gasteiger partial charge in [0.15, 0.2) is 0 Å². The molecule has 0 aromatic heterocycles. The minimum Gasteiger partial charge on any atom is -0.342 e. The first-order chi connectivity index (χ1) is 12.9. The zero-order chi connectivity index (χ0) is 17.3. The first kappa shape index (κ1) is 16.2. The molecular weight excluding hydrogens is 314 g/mol. The van der Waals surface area contributed by atoms with Gasteiger partial charge in [-0.05, 0) is 67.7 Å². The molecule has 2 aromatic carbocycles. The maximum Gasteiger partial charge on any atom is 0.0410 e. The highest BCUT2D eigenvalue weighted by Crippen LogP contribution is 2.52. The molecule has 1 saturated carbocycles. The second-order valence-electron chi connectivity index (χ2n) is 8.29. The van der Waals surface area contributed by atoms with Crippen LogP contribution in [0.1, 0.15) is 62.8 Å². The fraction of sp³-hybridized carbons (Fsp3) is 0.440. The number of benzene rings is 2. The summed E-state index contributed by atoms with van der Waals surface area (Å²) in [6.45, 7) is 0. The highest BCUT2D eigenvalue weighted by molar-refractivity contribution is 5.58. The van der Waals surface area contributed by atoms with Gasteiger partial charge in [0, 0.05) is 23.3 Å². The van der Waals surface area contributed by atoms with Crippen LogP contribution in [0.15, 0.2) is 71.9 Å². The van der Waals surface area contributed by atoms with Crippen molar-refractivity contribution in [2.24, 2.45) is 5.92 Å². The first-order valence-corrected chi connectivity index (χ1v) is 10.5. The predicted octanol–water partition coefficient (Wildman–Crippen LogP) is 6.68. The lowest BCUT2D eigenvalue weighted by Gasteiger charge is -2.52. The summed E-state index contributed by atoms with van der Waals surface area (Å²) in [5.41, 5.74) is 6.41. The normalized spacial score (nSPS) is 28.5. The van der Waals surface area contributed by atoms with Crippen molar-refractivity contribution in [1.82, 2.24) is 0 Å². The van der Waals surface area contributed by atoms with E-state index in [0.717, 1.165) is 5.92 Å². The molecule has 3 unspecified atom stereocenters. The molecule has 134 valence electrons. The van der Waals surface area contributed by atoms with Gasteiger partial charge in [-0.3, -0.25) is 0 Å². The van der Waals surface area contributed by atoms with Gasteiger partial charge in [-0.15, -0.1) is 0 Å². The minimum absolute atomic E-state index is 0.650. The van der Waals surface area contributed by atoms with E-state index in [0.29, 0.717) is 12.0 Å². The Morgan fingerprint density at radius 3 is 2.19 bits per heavy atom. The molecule has 1 aliphatic heterocycles. The van der Waals surface area contributed by atoms with Gasteiger partial charge in [0.2, 0.25) is 0 Å². The lowest BCUT2D eigenvalue weighted by Crippen LogP contribution is -2.49. The average molecular weight is 344 g/mol. The molecule has 0 radical (unpaired) electrons. The van der Waals surface area contributed by atoms with Gasteiger partial charge >= 0.3 is 0 Å². The summed E-state index contributed by atoms with van der Waals surface area (Å²) < 4.78 is 0. The van der Waals surface area contributed by atoms with E-state index >= 15 is 0 Å². The van der Waals surface area contributed by atoms with Crippen molar-refractivity contribution < 1.29 is 0 Å². The van der Waals surface area contributed by atoms with Crippen LogP contribution in [0.2, 0.25) is 0 Å². The largest absolute Gasteiger partial charge is 0.342 e. The Balaban J connectivity index is 1.68. The van der Waals surface area contributed by atoms with Crippen molar-refractivity contribution in [3.8, 4) is 0 Å². The molecule has 1 heterocycles. The molecule has 0 saturated heterocycles. The summed E-state index contributed by atoms with van der Waals surface area (Å²) >= 11 is 0. The van der Waals surface area contributed by atoms with Gasteiger partial charge in [-0.2, -0.15) is 0 Å². The zero-order valence-electron chi connectivity index (χ0n) is 15.6. The van der Waals surface area contributed by atoms with Gasteiger partial charge in [0.05, 0.1) is 0 Å². The highest BCUT2D eigenvalue weighted by atomic mass is 15.2. The van der Waals surface area contributed by atoms with Gasteiger partial charge in [-0.1, -0.05) is 61.4 Å². The molecule has 0 spiro atoms. The molecule has 1 nitrogen and oxygen atoms in total. The molecule has 0 bridgehead atoms. The van der Waals surface area contributed by atoms with Crippen LogP contribution in [0.25, 0.3) is 0 Å². The van der Waals surface area contributed by atoms with Crippen LogP contribution in [0, 0.1) is 5.92 Å². The van der Waals surface area contributed by atoms with E-state index in [2.05, 4.69) is 65.6 Å².